The SMILES string of the molecule is Cc1ccc(C)c(NC(=O)[C@H](OC(=O)/C=C/c2ccccc2Cl)c2ccccc2)c1. The van der Waals surface area contributed by atoms with Crippen LogP contribution in [0, 0.1) is 13.8 Å². The molecule has 0 spiro atoms. The normalized spacial score (nSPS) is 11.8. The summed E-state index contributed by atoms with van der Waals surface area (Å²) in [5, 5.41) is 3.40. The van der Waals surface area contributed by atoms with Crippen molar-refractivity contribution in [1.82, 2.24) is 0 Å². The standard InChI is InChI=1S/C25H22ClNO3/c1-17-12-13-18(2)22(16-17)27-25(29)24(20-9-4-3-5-10-20)30-23(28)15-14-19-8-6-7-11-21(19)26/h3-16,24H,1-2H3,(H,27,29)/b15-14+/t24-/m1/s1. The summed E-state index contributed by atoms with van der Waals surface area (Å²) < 4.78 is 5.52. The molecular weight excluding hydrogens is 398 g/mol. The molecule has 0 unspecified atom stereocenters. The minimum Gasteiger partial charge on any atom is -0.444 e. The number of esters is 1. The van der Waals surface area contributed by atoms with E-state index in [-0.39, 0.29) is 0 Å². The first-order valence-corrected chi connectivity index (χ1v) is 9.88. The maximum Gasteiger partial charge on any atom is 0.331 e. The zero-order valence-corrected chi connectivity index (χ0v) is 17.5. The van der Waals surface area contributed by atoms with E-state index in [1.54, 1.807) is 48.5 Å². The van der Waals surface area contributed by atoms with Gasteiger partial charge in [0.1, 0.15) is 0 Å². The molecule has 0 aliphatic carbocycles. The molecule has 0 aliphatic rings. The molecule has 1 amide bonds. The third-order valence-corrected chi connectivity index (χ3v) is 4.87. The fourth-order valence-electron chi connectivity index (χ4n) is 2.89. The highest BCUT2D eigenvalue weighted by atomic mass is 35.5. The highest BCUT2D eigenvalue weighted by molar-refractivity contribution is 6.32. The lowest BCUT2D eigenvalue weighted by molar-refractivity contribution is -0.149. The fourth-order valence-corrected chi connectivity index (χ4v) is 3.09. The van der Waals surface area contributed by atoms with Crippen molar-refractivity contribution >= 4 is 35.2 Å². The smallest absolute Gasteiger partial charge is 0.331 e. The predicted octanol–water partition coefficient (Wildman–Crippen LogP) is 5.89. The predicted molar refractivity (Wildman–Crippen MR) is 120 cm³/mol. The van der Waals surface area contributed by atoms with Crippen molar-refractivity contribution in [2.75, 3.05) is 5.32 Å². The molecule has 152 valence electrons. The van der Waals surface area contributed by atoms with Crippen LogP contribution in [0.5, 0.6) is 0 Å². The topological polar surface area (TPSA) is 55.4 Å². The van der Waals surface area contributed by atoms with Crippen molar-refractivity contribution < 1.29 is 14.3 Å². The van der Waals surface area contributed by atoms with E-state index in [1.807, 2.05) is 44.2 Å². The largest absolute Gasteiger partial charge is 0.444 e. The number of anilines is 1. The van der Waals surface area contributed by atoms with Crippen LogP contribution in [0.15, 0.2) is 78.9 Å². The van der Waals surface area contributed by atoms with Crippen LogP contribution in [0.2, 0.25) is 5.02 Å². The van der Waals surface area contributed by atoms with E-state index in [0.717, 1.165) is 11.1 Å². The third kappa shape index (κ3) is 5.58. The van der Waals surface area contributed by atoms with Gasteiger partial charge in [-0.1, -0.05) is 72.3 Å². The minimum atomic E-state index is -1.09. The molecule has 0 radical (unpaired) electrons. The number of hydrogen-bond donors (Lipinski definition) is 1. The molecule has 0 saturated carbocycles. The van der Waals surface area contributed by atoms with Crippen molar-refractivity contribution in [3.05, 3.63) is 106 Å². The van der Waals surface area contributed by atoms with Gasteiger partial charge in [0.25, 0.3) is 5.91 Å². The zero-order chi connectivity index (χ0) is 21.5. The van der Waals surface area contributed by atoms with E-state index in [9.17, 15) is 9.59 Å². The van der Waals surface area contributed by atoms with Crippen molar-refractivity contribution in [2.24, 2.45) is 0 Å². The van der Waals surface area contributed by atoms with Gasteiger partial charge in [0.15, 0.2) is 0 Å². The Morgan fingerprint density at radius 1 is 0.967 bits per heavy atom. The van der Waals surface area contributed by atoms with Gasteiger partial charge < -0.3 is 10.1 Å². The second-order valence-corrected chi connectivity index (χ2v) is 7.30. The van der Waals surface area contributed by atoms with Gasteiger partial charge in [0.05, 0.1) is 0 Å². The van der Waals surface area contributed by atoms with Gasteiger partial charge >= 0.3 is 5.97 Å². The summed E-state index contributed by atoms with van der Waals surface area (Å²) in [6, 6.07) is 21.8. The Hall–Kier alpha value is -3.37. The summed E-state index contributed by atoms with van der Waals surface area (Å²) in [6.07, 6.45) is 1.74. The van der Waals surface area contributed by atoms with Crippen LogP contribution < -0.4 is 5.32 Å². The van der Waals surface area contributed by atoms with E-state index in [0.29, 0.717) is 21.8 Å². The van der Waals surface area contributed by atoms with E-state index in [2.05, 4.69) is 5.32 Å². The number of hydrogen-bond acceptors (Lipinski definition) is 3. The zero-order valence-electron chi connectivity index (χ0n) is 16.8. The van der Waals surface area contributed by atoms with Gasteiger partial charge in [-0.05, 0) is 48.7 Å². The molecule has 0 fully saturated rings. The number of nitrogens with one attached hydrogen (secondary N) is 1. The maximum absolute atomic E-state index is 13.0. The molecule has 5 heteroatoms. The molecule has 0 aromatic heterocycles. The lowest BCUT2D eigenvalue weighted by Gasteiger charge is -2.18. The Morgan fingerprint density at radius 3 is 2.40 bits per heavy atom. The minimum absolute atomic E-state index is 0.422. The number of carbonyl (C=O) groups is 2. The summed E-state index contributed by atoms with van der Waals surface area (Å²) in [4.78, 5) is 25.5. The highest BCUT2D eigenvalue weighted by Gasteiger charge is 2.24. The van der Waals surface area contributed by atoms with Gasteiger partial charge in [-0.15, -0.1) is 0 Å². The molecular formula is C25H22ClNO3. The monoisotopic (exact) mass is 419 g/mol. The molecule has 0 saturated heterocycles. The van der Waals surface area contributed by atoms with Gasteiger partial charge in [0.2, 0.25) is 6.10 Å². The summed E-state index contributed by atoms with van der Waals surface area (Å²) in [6.45, 7) is 3.86. The van der Waals surface area contributed by atoms with Gasteiger partial charge in [0, 0.05) is 22.3 Å². The number of benzene rings is 3. The van der Waals surface area contributed by atoms with E-state index in [1.165, 1.54) is 6.08 Å². The quantitative estimate of drug-likeness (QED) is 0.400. The Labute approximate surface area is 181 Å². The van der Waals surface area contributed by atoms with Crippen molar-refractivity contribution in [3.8, 4) is 0 Å². The van der Waals surface area contributed by atoms with Crippen LogP contribution in [-0.2, 0) is 14.3 Å². The number of rotatable bonds is 6. The first-order valence-electron chi connectivity index (χ1n) is 9.50. The molecule has 4 nitrogen and oxygen atoms in total. The van der Waals surface area contributed by atoms with E-state index < -0.39 is 18.0 Å². The molecule has 1 N–H and O–H groups in total. The molecule has 0 bridgehead atoms. The van der Waals surface area contributed by atoms with Crippen molar-refractivity contribution in [3.63, 3.8) is 0 Å². The summed E-state index contributed by atoms with van der Waals surface area (Å²) in [5.74, 6) is -1.06. The average Bonchev–Trinajstić information content (AvgIpc) is 2.74. The first kappa shape index (κ1) is 21.3. The number of aryl methyl sites for hydroxylation is 2. The molecule has 3 aromatic carbocycles. The average molecular weight is 420 g/mol. The number of halogens is 1. The van der Waals surface area contributed by atoms with Gasteiger partial charge in [-0.2, -0.15) is 0 Å². The van der Waals surface area contributed by atoms with Crippen LogP contribution in [0.3, 0.4) is 0 Å². The fraction of sp³-hybridized carbons (Fsp3) is 0.120. The summed E-state index contributed by atoms with van der Waals surface area (Å²) >= 11 is 6.11. The van der Waals surface area contributed by atoms with Crippen LogP contribution in [0.25, 0.3) is 6.08 Å². The summed E-state index contributed by atoms with van der Waals surface area (Å²) in [5.41, 5.74) is 3.90. The highest BCUT2D eigenvalue weighted by Crippen LogP contribution is 2.23. The van der Waals surface area contributed by atoms with Crippen LogP contribution >= 0.6 is 11.6 Å². The lowest BCUT2D eigenvalue weighted by atomic mass is 10.1. The second-order valence-electron chi connectivity index (χ2n) is 6.89. The Kier molecular flexibility index (Phi) is 7.04. The Morgan fingerprint density at radius 2 is 1.67 bits per heavy atom. The van der Waals surface area contributed by atoms with E-state index >= 15 is 0 Å². The number of amides is 1. The molecule has 1 atom stereocenters. The number of ether oxygens (including phenoxy) is 1. The molecule has 0 aliphatic heterocycles. The van der Waals surface area contributed by atoms with Gasteiger partial charge in [-0.25, -0.2) is 4.79 Å². The van der Waals surface area contributed by atoms with Crippen LogP contribution in [0.4, 0.5) is 5.69 Å². The first-order chi connectivity index (χ1) is 14.4. The molecule has 3 aromatic rings. The van der Waals surface area contributed by atoms with Gasteiger partial charge in [-0.3, -0.25) is 4.79 Å². The van der Waals surface area contributed by atoms with Crippen molar-refractivity contribution in [1.29, 1.82) is 0 Å². The molecule has 0 heterocycles. The Balaban J connectivity index is 1.81. The Bertz CT molecular complexity index is 1080. The van der Waals surface area contributed by atoms with Crippen molar-refractivity contribution in [2.45, 2.75) is 20.0 Å². The van der Waals surface area contributed by atoms with Crippen LogP contribution in [-0.4, -0.2) is 11.9 Å². The second kappa shape index (κ2) is 9.90. The molecule has 3 rings (SSSR count). The molecule has 30 heavy (non-hydrogen) atoms. The van der Waals surface area contributed by atoms with Crippen LogP contribution in [0.1, 0.15) is 28.4 Å². The number of carbonyl (C=O) groups excluding carboxylic acids is 2. The van der Waals surface area contributed by atoms with E-state index in [4.69, 9.17) is 16.3 Å². The lowest BCUT2D eigenvalue weighted by Crippen LogP contribution is -2.25. The summed E-state index contributed by atoms with van der Waals surface area (Å²) in [7, 11) is 0. The third-order valence-electron chi connectivity index (χ3n) is 4.53. The maximum atomic E-state index is 13.0.